The molecule has 0 aliphatic heterocycles. The standard InChI is InChI=1S/C17H13FN4O2S/c1-9(23)20-12-6-7-19-13(8-12)15-14(16(24)22-17(25)21-15)10-2-4-11(18)5-3-10/h2-8H,1H3,(H,19,20,23)(H2,21,22,24,25). The fourth-order valence-corrected chi connectivity index (χ4v) is 2.61. The lowest BCUT2D eigenvalue weighted by Crippen LogP contribution is -2.13. The first kappa shape index (κ1) is 16.7. The number of anilines is 1. The quantitative estimate of drug-likeness (QED) is 0.628. The molecule has 0 saturated heterocycles. The van der Waals surface area contributed by atoms with Crippen LogP contribution in [0.5, 0.6) is 0 Å². The molecule has 1 amide bonds. The fourth-order valence-electron chi connectivity index (χ4n) is 2.42. The van der Waals surface area contributed by atoms with Crippen molar-refractivity contribution in [3.05, 3.63) is 63.5 Å². The largest absolute Gasteiger partial charge is 0.330 e. The lowest BCUT2D eigenvalue weighted by atomic mass is 10.0. The van der Waals surface area contributed by atoms with Gasteiger partial charge in [0.25, 0.3) is 5.56 Å². The summed E-state index contributed by atoms with van der Waals surface area (Å²) in [5.74, 6) is -0.633. The molecule has 0 aliphatic carbocycles. The first-order chi connectivity index (χ1) is 11.9. The van der Waals surface area contributed by atoms with Gasteiger partial charge in [0.15, 0.2) is 4.77 Å². The minimum Gasteiger partial charge on any atom is -0.330 e. The molecule has 6 nitrogen and oxygen atoms in total. The summed E-state index contributed by atoms with van der Waals surface area (Å²) in [6.07, 6.45) is 1.51. The van der Waals surface area contributed by atoms with Gasteiger partial charge in [-0.05, 0) is 42.0 Å². The van der Waals surface area contributed by atoms with Gasteiger partial charge in [-0.25, -0.2) is 4.39 Å². The maximum absolute atomic E-state index is 13.2. The SMILES string of the molecule is CC(=O)Nc1ccnc(-c2[nH]c(=S)[nH]c(=O)c2-c2ccc(F)cc2)c1. The predicted octanol–water partition coefficient (Wildman–Crippen LogP) is 3.26. The Balaban J connectivity index is 2.22. The monoisotopic (exact) mass is 356 g/mol. The molecule has 0 bridgehead atoms. The summed E-state index contributed by atoms with van der Waals surface area (Å²) >= 11 is 5.05. The summed E-state index contributed by atoms with van der Waals surface area (Å²) in [5, 5.41) is 2.66. The molecule has 8 heteroatoms. The van der Waals surface area contributed by atoms with Gasteiger partial charge in [-0.15, -0.1) is 0 Å². The van der Waals surface area contributed by atoms with Gasteiger partial charge >= 0.3 is 0 Å². The molecule has 0 spiro atoms. The molecule has 0 aliphatic rings. The van der Waals surface area contributed by atoms with E-state index < -0.39 is 11.4 Å². The van der Waals surface area contributed by atoms with Gasteiger partial charge < -0.3 is 10.3 Å². The number of halogens is 1. The van der Waals surface area contributed by atoms with E-state index in [1.54, 1.807) is 12.1 Å². The van der Waals surface area contributed by atoms with Crippen LogP contribution >= 0.6 is 12.2 Å². The van der Waals surface area contributed by atoms with Crippen LogP contribution in [-0.2, 0) is 4.79 Å². The Labute approximate surface area is 146 Å². The summed E-state index contributed by atoms with van der Waals surface area (Å²) in [6, 6.07) is 8.78. The third-order valence-electron chi connectivity index (χ3n) is 3.41. The Morgan fingerprint density at radius 3 is 2.60 bits per heavy atom. The lowest BCUT2D eigenvalue weighted by Gasteiger charge is -2.10. The summed E-state index contributed by atoms with van der Waals surface area (Å²) in [4.78, 5) is 33.4. The molecule has 3 rings (SSSR count). The number of carbonyl (C=O) groups is 1. The van der Waals surface area contributed by atoms with Gasteiger partial charge in [-0.2, -0.15) is 0 Å². The van der Waals surface area contributed by atoms with Gasteiger partial charge in [0.2, 0.25) is 5.91 Å². The van der Waals surface area contributed by atoms with Crippen molar-refractivity contribution in [2.45, 2.75) is 6.92 Å². The third-order valence-corrected chi connectivity index (χ3v) is 3.62. The number of nitrogens with one attached hydrogen (secondary N) is 3. The van der Waals surface area contributed by atoms with E-state index in [2.05, 4.69) is 20.3 Å². The average molecular weight is 356 g/mol. The maximum atomic E-state index is 13.2. The zero-order chi connectivity index (χ0) is 18.0. The fraction of sp³-hybridized carbons (Fsp3) is 0.0588. The zero-order valence-corrected chi connectivity index (χ0v) is 13.9. The van der Waals surface area contributed by atoms with E-state index in [0.29, 0.717) is 22.6 Å². The van der Waals surface area contributed by atoms with Crippen LogP contribution in [0.2, 0.25) is 0 Å². The molecule has 126 valence electrons. The number of amides is 1. The first-order valence-electron chi connectivity index (χ1n) is 7.30. The first-order valence-corrected chi connectivity index (χ1v) is 7.71. The summed E-state index contributed by atoms with van der Waals surface area (Å²) in [5.41, 5.74) is 1.70. The van der Waals surface area contributed by atoms with Crippen LogP contribution in [0.3, 0.4) is 0 Å². The summed E-state index contributed by atoms with van der Waals surface area (Å²) in [7, 11) is 0. The van der Waals surface area contributed by atoms with Gasteiger partial charge in [0, 0.05) is 18.8 Å². The number of hydrogen-bond acceptors (Lipinski definition) is 4. The van der Waals surface area contributed by atoms with E-state index in [1.807, 2.05) is 0 Å². The Morgan fingerprint density at radius 1 is 1.20 bits per heavy atom. The number of hydrogen-bond donors (Lipinski definition) is 3. The topological polar surface area (TPSA) is 90.6 Å². The second kappa shape index (κ2) is 6.78. The molecule has 0 saturated carbocycles. The Hall–Kier alpha value is -3.13. The van der Waals surface area contributed by atoms with Crippen LogP contribution in [0.1, 0.15) is 6.92 Å². The predicted molar refractivity (Wildman–Crippen MR) is 95.2 cm³/mol. The number of H-pyrrole nitrogens is 2. The van der Waals surface area contributed by atoms with E-state index >= 15 is 0 Å². The van der Waals surface area contributed by atoms with Crippen molar-refractivity contribution in [3.63, 3.8) is 0 Å². The third kappa shape index (κ3) is 3.69. The highest BCUT2D eigenvalue weighted by Gasteiger charge is 2.14. The second-order valence-corrected chi connectivity index (χ2v) is 5.68. The molecule has 25 heavy (non-hydrogen) atoms. The number of nitrogens with zero attached hydrogens (tertiary/aromatic N) is 1. The highest BCUT2D eigenvalue weighted by molar-refractivity contribution is 7.71. The minimum atomic E-state index is -0.419. The van der Waals surface area contributed by atoms with Gasteiger partial charge in [-0.1, -0.05) is 12.1 Å². The van der Waals surface area contributed by atoms with Crippen LogP contribution in [0.4, 0.5) is 10.1 Å². The van der Waals surface area contributed by atoms with Crippen LogP contribution < -0.4 is 10.9 Å². The molecule has 2 aromatic heterocycles. The Bertz CT molecular complexity index is 1060. The van der Waals surface area contributed by atoms with Gasteiger partial charge in [0.05, 0.1) is 17.0 Å². The number of carbonyl (C=O) groups excluding carboxylic acids is 1. The molecular weight excluding hydrogens is 343 g/mol. The molecule has 0 unspecified atom stereocenters. The highest BCUT2D eigenvalue weighted by atomic mass is 32.1. The Morgan fingerprint density at radius 2 is 1.92 bits per heavy atom. The average Bonchev–Trinajstić information content (AvgIpc) is 2.55. The zero-order valence-electron chi connectivity index (χ0n) is 13.1. The molecule has 0 atom stereocenters. The molecule has 3 aromatic rings. The summed E-state index contributed by atoms with van der Waals surface area (Å²) < 4.78 is 13.3. The van der Waals surface area contributed by atoms with Gasteiger partial charge in [-0.3, -0.25) is 19.6 Å². The van der Waals surface area contributed by atoms with Crippen LogP contribution in [0.15, 0.2) is 47.4 Å². The van der Waals surface area contributed by atoms with Crippen molar-refractivity contribution in [3.8, 4) is 22.5 Å². The lowest BCUT2D eigenvalue weighted by molar-refractivity contribution is -0.114. The number of rotatable bonds is 3. The number of aromatic amines is 2. The smallest absolute Gasteiger partial charge is 0.260 e. The molecule has 1 aromatic carbocycles. The van der Waals surface area contributed by atoms with Gasteiger partial charge in [0.1, 0.15) is 5.82 Å². The van der Waals surface area contributed by atoms with Crippen molar-refractivity contribution in [1.82, 2.24) is 15.0 Å². The van der Waals surface area contributed by atoms with Crippen LogP contribution in [-0.4, -0.2) is 20.9 Å². The summed E-state index contributed by atoms with van der Waals surface area (Å²) in [6.45, 7) is 1.39. The van der Waals surface area contributed by atoms with Crippen molar-refractivity contribution in [1.29, 1.82) is 0 Å². The van der Waals surface area contributed by atoms with E-state index in [0.717, 1.165) is 0 Å². The second-order valence-electron chi connectivity index (χ2n) is 5.28. The Kier molecular flexibility index (Phi) is 4.53. The number of aromatic nitrogens is 3. The molecule has 0 fully saturated rings. The van der Waals surface area contributed by atoms with Crippen LogP contribution in [0.25, 0.3) is 22.5 Å². The number of pyridine rings is 1. The van der Waals surface area contributed by atoms with Crippen molar-refractivity contribution >= 4 is 23.8 Å². The van der Waals surface area contributed by atoms with E-state index in [1.165, 1.54) is 37.4 Å². The van der Waals surface area contributed by atoms with E-state index in [9.17, 15) is 14.0 Å². The highest BCUT2D eigenvalue weighted by Crippen LogP contribution is 2.27. The van der Waals surface area contributed by atoms with Crippen molar-refractivity contribution in [2.75, 3.05) is 5.32 Å². The van der Waals surface area contributed by atoms with Crippen molar-refractivity contribution < 1.29 is 9.18 Å². The van der Waals surface area contributed by atoms with E-state index in [-0.39, 0.29) is 16.2 Å². The maximum Gasteiger partial charge on any atom is 0.260 e. The molecular formula is C17H13FN4O2S. The minimum absolute atomic E-state index is 0.137. The normalized spacial score (nSPS) is 10.5. The van der Waals surface area contributed by atoms with Crippen molar-refractivity contribution in [2.24, 2.45) is 0 Å². The molecule has 2 heterocycles. The molecule has 0 radical (unpaired) electrons. The van der Waals surface area contributed by atoms with E-state index in [4.69, 9.17) is 12.2 Å². The van der Waals surface area contributed by atoms with Crippen LogP contribution in [0, 0.1) is 10.6 Å². The molecule has 3 N–H and O–H groups in total. The number of benzene rings is 1.